The van der Waals surface area contributed by atoms with E-state index in [1.165, 1.54) is 0 Å². The summed E-state index contributed by atoms with van der Waals surface area (Å²) in [6, 6.07) is 0. The molecule has 4 aliphatic carbocycles. The fourth-order valence-electron chi connectivity index (χ4n) is 7.29. The predicted molar refractivity (Wildman–Crippen MR) is 121 cm³/mol. The predicted octanol–water partition coefficient (Wildman–Crippen LogP) is 4.44. The average molecular weight is 440 g/mol. The Morgan fingerprint density at radius 2 is 1.97 bits per heavy atom. The lowest BCUT2D eigenvalue weighted by molar-refractivity contribution is -0.133. The molecule has 0 spiro atoms. The molecular formula is C23H38ClN3O3. The van der Waals surface area contributed by atoms with Crippen LogP contribution in [0.3, 0.4) is 0 Å². The fraction of sp³-hybridized carbons (Fsp3) is 0.870. The Morgan fingerprint density at radius 1 is 1.17 bits per heavy atom. The summed E-state index contributed by atoms with van der Waals surface area (Å²) in [5.74, 6) is 2.24. The van der Waals surface area contributed by atoms with Crippen LogP contribution in [-0.4, -0.2) is 42.6 Å². The van der Waals surface area contributed by atoms with E-state index >= 15 is 0 Å². The van der Waals surface area contributed by atoms with Gasteiger partial charge in [-0.15, -0.1) is 12.4 Å². The minimum Gasteiger partial charge on any atom is -0.411 e. The molecule has 170 valence electrons. The molecule has 0 bridgehead atoms. The number of fused-ring (bicyclic) bond motifs is 5. The number of nitrogens with zero attached hydrogens (tertiary/aromatic N) is 2. The largest absolute Gasteiger partial charge is 0.411 e. The first-order valence-corrected chi connectivity index (χ1v) is 11.5. The Hall–Kier alpha value is -1.14. The summed E-state index contributed by atoms with van der Waals surface area (Å²) in [7, 11) is 1.94. The second-order valence-electron chi connectivity index (χ2n) is 10.3. The summed E-state index contributed by atoms with van der Waals surface area (Å²) in [5.41, 5.74) is 2.02. The first kappa shape index (κ1) is 23.5. The molecule has 6 nitrogen and oxygen atoms in total. The number of hydrogen-bond donors (Lipinski definition) is 2. The highest BCUT2D eigenvalue weighted by atomic mass is 35.5. The Kier molecular flexibility index (Phi) is 7.18. The number of halogens is 1. The van der Waals surface area contributed by atoms with Gasteiger partial charge in [0.15, 0.2) is 0 Å². The van der Waals surface area contributed by atoms with Crippen LogP contribution in [0.4, 0.5) is 0 Å². The van der Waals surface area contributed by atoms with Crippen LogP contribution in [0.5, 0.6) is 0 Å². The van der Waals surface area contributed by atoms with E-state index in [0.717, 1.165) is 75.8 Å². The van der Waals surface area contributed by atoms with Gasteiger partial charge in [0.25, 0.3) is 0 Å². The lowest BCUT2D eigenvalue weighted by atomic mass is 9.45. The molecule has 4 rings (SSSR count). The maximum Gasteiger partial charge on any atom is 0.139 e. The minimum absolute atomic E-state index is 0. The van der Waals surface area contributed by atoms with Gasteiger partial charge in [-0.05, 0) is 88.1 Å². The molecule has 0 aromatic rings. The zero-order valence-corrected chi connectivity index (χ0v) is 19.5. The molecule has 6 atom stereocenters. The molecule has 4 fully saturated rings. The van der Waals surface area contributed by atoms with E-state index in [4.69, 9.17) is 4.84 Å². The van der Waals surface area contributed by atoms with E-state index in [2.05, 4.69) is 29.5 Å². The molecule has 0 aromatic heterocycles. The summed E-state index contributed by atoms with van der Waals surface area (Å²) < 4.78 is 0. The van der Waals surface area contributed by atoms with Gasteiger partial charge in [-0.1, -0.05) is 24.2 Å². The maximum atomic E-state index is 12.6. The second kappa shape index (κ2) is 9.15. The molecule has 0 saturated heterocycles. The summed E-state index contributed by atoms with van der Waals surface area (Å²) in [5, 5.41) is 21.2. The molecule has 1 unspecified atom stereocenters. The molecule has 2 N–H and O–H groups in total. The number of rotatable bonds is 5. The van der Waals surface area contributed by atoms with Crippen molar-refractivity contribution in [2.45, 2.75) is 71.6 Å². The van der Waals surface area contributed by atoms with Crippen molar-refractivity contribution in [3.63, 3.8) is 0 Å². The van der Waals surface area contributed by atoms with E-state index in [9.17, 15) is 10.0 Å². The molecular weight excluding hydrogens is 402 g/mol. The van der Waals surface area contributed by atoms with Gasteiger partial charge in [-0.25, -0.2) is 0 Å². The molecule has 0 amide bonds. The van der Waals surface area contributed by atoms with E-state index in [1.807, 2.05) is 7.05 Å². The third kappa shape index (κ3) is 3.79. The van der Waals surface area contributed by atoms with Gasteiger partial charge in [-0.3, -0.25) is 4.79 Å². The standard InChI is InChI=1S/C23H37N3O3.ClH/c1-22-9-7-15(26-29-12-4-11-24-3)13-19(22)20(25-28)14-16-17-5-6-21(27)23(17,2)10-8-18(16)22;/h16-19,24,28H,4-14H2,1-3H3;1H/b25-20+,26-15?;/t16-,17-,18-,19?,22+,23-;/m0./s1. The van der Waals surface area contributed by atoms with Crippen LogP contribution >= 0.6 is 12.4 Å². The van der Waals surface area contributed by atoms with Crippen molar-refractivity contribution in [3.05, 3.63) is 0 Å². The normalized spacial score (nSPS) is 43.0. The molecule has 4 aliphatic rings. The lowest BCUT2D eigenvalue weighted by Gasteiger charge is -2.59. The van der Waals surface area contributed by atoms with Gasteiger partial charge >= 0.3 is 0 Å². The van der Waals surface area contributed by atoms with Gasteiger partial charge in [0.2, 0.25) is 0 Å². The smallest absolute Gasteiger partial charge is 0.139 e. The molecule has 30 heavy (non-hydrogen) atoms. The van der Waals surface area contributed by atoms with E-state index in [1.54, 1.807) is 0 Å². The van der Waals surface area contributed by atoms with Crippen LogP contribution in [-0.2, 0) is 9.63 Å². The number of hydrogen-bond acceptors (Lipinski definition) is 6. The monoisotopic (exact) mass is 439 g/mol. The minimum atomic E-state index is -0.145. The number of carbonyl (C=O) groups is 1. The first-order chi connectivity index (χ1) is 13.9. The van der Waals surface area contributed by atoms with Gasteiger partial charge < -0.3 is 15.4 Å². The van der Waals surface area contributed by atoms with Crippen LogP contribution in [0.2, 0.25) is 0 Å². The maximum absolute atomic E-state index is 12.6. The highest BCUT2D eigenvalue weighted by Gasteiger charge is 2.61. The number of oxime groups is 2. The third-order valence-corrected chi connectivity index (χ3v) is 9.01. The zero-order chi connectivity index (χ0) is 20.6. The summed E-state index contributed by atoms with van der Waals surface area (Å²) in [6.07, 6.45) is 8.55. The highest BCUT2D eigenvalue weighted by Crippen LogP contribution is 2.64. The number of carbonyl (C=O) groups excluding carboxylic acids is 1. The van der Waals surface area contributed by atoms with Crippen molar-refractivity contribution in [2.24, 2.45) is 44.8 Å². The van der Waals surface area contributed by atoms with Gasteiger partial charge in [0.1, 0.15) is 12.4 Å². The quantitative estimate of drug-likeness (QED) is 0.376. The Balaban J connectivity index is 0.00000256. The number of nitrogens with one attached hydrogen (secondary N) is 1. The van der Waals surface area contributed by atoms with Crippen molar-refractivity contribution >= 4 is 29.6 Å². The van der Waals surface area contributed by atoms with Crippen molar-refractivity contribution < 1.29 is 14.8 Å². The van der Waals surface area contributed by atoms with Crippen molar-refractivity contribution in [1.82, 2.24) is 5.32 Å². The summed E-state index contributed by atoms with van der Waals surface area (Å²) >= 11 is 0. The Bertz CT molecular complexity index is 712. The topological polar surface area (TPSA) is 83.3 Å². The Morgan fingerprint density at radius 3 is 2.70 bits per heavy atom. The van der Waals surface area contributed by atoms with Crippen LogP contribution in [0.25, 0.3) is 0 Å². The van der Waals surface area contributed by atoms with Crippen LogP contribution in [0.1, 0.15) is 71.6 Å². The summed E-state index contributed by atoms with van der Waals surface area (Å²) in [6.45, 7) is 6.17. The van der Waals surface area contributed by atoms with E-state index in [0.29, 0.717) is 30.1 Å². The molecule has 0 radical (unpaired) electrons. The third-order valence-electron chi connectivity index (χ3n) is 9.01. The molecule has 0 aliphatic heterocycles. The van der Waals surface area contributed by atoms with Crippen LogP contribution in [0, 0.1) is 34.5 Å². The van der Waals surface area contributed by atoms with Gasteiger partial charge in [0.05, 0.1) is 11.4 Å². The van der Waals surface area contributed by atoms with Crippen molar-refractivity contribution in [1.29, 1.82) is 0 Å². The lowest BCUT2D eigenvalue weighted by Crippen LogP contribution is -2.56. The highest BCUT2D eigenvalue weighted by molar-refractivity contribution is 5.96. The van der Waals surface area contributed by atoms with Crippen molar-refractivity contribution in [3.8, 4) is 0 Å². The van der Waals surface area contributed by atoms with Gasteiger partial charge in [0, 0.05) is 17.8 Å². The van der Waals surface area contributed by atoms with E-state index < -0.39 is 0 Å². The molecule has 0 aromatic carbocycles. The molecule has 4 saturated carbocycles. The average Bonchev–Trinajstić information content (AvgIpc) is 3.02. The van der Waals surface area contributed by atoms with Crippen molar-refractivity contribution in [2.75, 3.05) is 20.2 Å². The van der Waals surface area contributed by atoms with Gasteiger partial charge in [-0.2, -0.15) is 0 Å². The van der Waals surface area contributed by atoms with E-state index in [-0.39, 0.29) is 29.2 Å². The number of Topliss-reactive ketones (excluding diaryl/α,β-unsaturated/α-hetero) is 1. The van der Waals surface area contributed by atoms with Crippen LogP contribution in [0.15, 0.2) is 10.3 Å². The second-order valence-corrected chi connectivity index (χ2v) is 10.3. The summed E-state index contributed by atoms with van der Waals surface area (Å²) in [4.78, 5) is 18.2. The first-order valence-electron chi connectivity index (χ1n) is 11.5. The number of ketones is 1. The SMILES string of the molecule is CNCCCON=C1CC[C@@]2(C)C(C1)/C(=N/O)C[C@@H]1[C@@H]2CC[C@]2(C)C(=O)CC[C@@H]12.Cl. The van der Waals surface area contributed by atoms with Crippen LogP contribution < -0.4 is 5.32 Å². The fourth-order valence-corrected chi connectivity index (χ4v) is 7.29. The zero-order valence-electron chi connectivity index (χ0n) is 18.7. The molecule has 0 heterocycles. The Labute approximate surface area is 186 Å². The molecule has 7 heteroatoms.